The number of benzene rings is 1. The molecule has 0 aromatic heterocycles. The van der Waals surface area contributed by atoms with Crippen LogP contribution in [0.4, 0.5) is 5.69 Å². The number of rotatable bonds is 4. The molecular weight excluding hydrogens is 210 g/mol. The number of nitrogen functional groups attached to an aromatic ring is 1. The summed E-state index contributed by atoms with van der Waals surface area (Å²) in [6.07, 6.45) is 1.68. The van der Waals surface area contributed by atoms with Crippen LogP contribution in [0.3, 0.4) is 0 Å². The van der Waals surface area contributed by atoms with E-state index in [0.29, 0.717) is 11.3 Å². The van der Waals surface area contributed by atoms with Gasteiger partial charge in [-0.2, -0.15) is 0 Å². The summed E-state index contributed by atoms with van der Waals surface area (Å²) < 4.78 is 0. The van der Waals surface area contributed by atoms with Crippen molar-refractivity contribution in [3.8, 4) is 0 Å². The lowest BCUT2D eigenvalue weighted by Gasteiger charge is -2.02. The molecule has 3 nitrogen and oxygen atoms in total. The molecule has 1 aromatic carbocycles. The summed E-state index contributed by atoms with van der Waals surface area (Å²) in [6.45, 7) is 1.58. The van der Waals surface area contributed by atoms with Crippen LogP contribution in [0.15, 0.2) is 40.8 Å². The zero-order chi connectivity index (χ0) is 11.3. The molecule has 3 N–H and O–H groups in total. The molecule has 0 bridgehead atoms. The van der Waals surface area contributed by atoms with Crippen LogP contribution in [0.5, 0.6) is 0 Å². The van der Waals surface area contributed by atoms with Crippen molar-refractivity contribution in [1.82, 2.24) is 0 Å². The maximum Gasteiger partial charge on any atom is 0.330 e. The molecule has 0 unspecified atom stereocenters. The molecule has 1 rings (SSSR count). The van der Waals surface area contributed by atoms with Gasteiger partial charge in [0.25, 0.3) is 0 Å². The fourth-order valence-corrected chi connectivity index (χ4v) is 1.88. The molecule has 0 atom stereocenters. The first-order chi connectivity index (χ1) is 7.11. The number of aliphatic carboxylic acids is 1. The number of nitrogens with two attached hydrogens (primary N) is 1. The summed E-state index contributed by atoms with van der Waals surface area (Å²) >= 11 is 1.53. The predicted molar refractivity (Wildman–Crippen MR) is 63.0 cm³/mol. The second-order valence-electron chi connectivity index (χ2n) is 3.04. The summed E-state index contributed by atoms with van der Waals surface area (Å²) in [4.78, 5) is 11.5. The number of anilines is 1. The van der Waals surface area contributed by atoms with Gasteiger partial charge < -0.3 is 10.8 Å². The highest BCUT2D eigenvalue weighted by atomic mass is 32.2. The predicted octanol–water partition coefficient (Wildman–Crippen LogP) is 2.39. The van der Waals surface area contributed by atoms with E-state index in [9.17, 15) is 4.79 Å². The molecule has 15 heavy (non-hydrogen) atoms. The Morgan fingerprint density at radius 1 is 1.53 bits per heavy atom. The van der Waals surface area contributed by atoms with E-state index in [1.807, 2.05) is 24.3 Å². The second kappa shape index (κ2) is 5.46. The molecule has 0 saturated carbocycles. The molecule has 0 saturated heterocycles. The molecule has 0 radical (unpaired) electrons. The van der Waals surface area contributed by atoms with Crippen molar-refractivity contribution in [2.75, 3.05) is 11.5 Å². The highest BCUT2D eigenvalue weighted by molar-refractivity contribution is 7.99. The standard InChI is InChI=1S/C11H13NO2S/c1-8(11(13)14)6-7-15-10-5-3-2-4-9(10)12/h2-6H,7,12H2,1H3,(H,13,14). The van der Waals surface area contributed by atoms with Gasteiger partial charge in [-0.3, -0.25) is 0 Å². The number of carbonyl (C=O) groups is 1. The van der Waals surface area contributed by atoms with Gasteiger partial charge in [0.15, 0.2) is 0 Å². The molecule has 0 amide bonds. The summed E-state index contributed by atoms with van der Waals surface area (Å²) in [5.41, 5.74) is 6.82. The molecule has 0 aliphatic rings. The Morgan fingerprint density at radius 2 is 2.20 bits per heavy atom. The maximum absolute atomic E-state index is 10.5. The molecular formula is C11H13NO2S. The Kier molecular flexibility index (Phi) is 4.24. The number of carboxylic acid groups (broad SMARTS) is 1. The Morgan fingerprint density at radius 3 is 2.80 bits per heavy atom. The topological polar surface area (TPSA) is 63.3 Å². The van der Waals surface area contributed by atoms with Crippen molar-refractivity contribution in [3.05, 3.63) is 35.9 Å². The zero-order valence-corrected chi connectivity index (χ0v) is 9.25. The Bertz CT molecular complexity index is 388. The largest absolute Gasteiger partial charge is 0.478 e. The summed E-state index contributed by atoms with van der Waals surface area (Å²) in [7, 11) is 0. The van der Waals surface area contributed by atoms with Crippen LogP contribution >= 0.6 is 11.8 Å². The van der Waals surface area contributed by atoms with Crippen molar-refractivity contribution < 1.29 is 9.90 Å². The number of hydrogen-bond donors (Lipinski definition) is 2. The second-order valence-corrected chi connectivity index (χ2v) is 4.10. The summed E-state index contributed by atoms with van der Waals surface area (Å²) in [5.74, 6) is -0.261. The minimum Gasteiger partial charge on any atom is -0.478 e. The van der Waals surface area contributed by atoms with E-state index >= 15 is 0 Å². The molecule has 0 spiro atoms. The van der Waals surface area contributed by atoms with E-state index in [-0.39, 0.29) is 0 Å². The zero-order valence-electron chi connectivity index (χ0n) is 8.43. The van der Waals surface area contributed by atoms with Crippen molar-refractivity contribution >= 4 is 23.4 Å². The third-order valence-corrected chi connectivity index (χ3v) is 2.90. The first-order valence-corrected chi connectivity index (χ1v) is 5.47. The number of carboxylic acids is 1. The maximum atomic E-state index is 10.5. The lowest BCUT2D eigenvalue weighted by Crippen LogP contribution is -1.96. The van der Waals surface area contributed by atoms with Gasteiger partial charge in [0.2, 0.25) is 0 Å². The van der Waals surface area contributed by atoms with Crippen LogP contribution in [-0.4, -0.2) is 16.8 Å². The van der Waals surface area contributed by atoms with Gasteiger partial charge in [0.1, 0.15) is 0 Å². The molecule has 4 heteroatoms. The van der Waals surface area contributed by atoms with E-state index in [1.54, 1.807) is 13.0 Å². The minimum absolute atomic E-state index is 0.358. The summed E-state index contributed by atoms with van der Waals surface area (Å²) in [5, 5.41) is 8.63. The minimum atomic E-state index is -0.878. The molecule has 1 aromatic rings. The molecule has 0 aliphatic heterocycles. The van der Waals surface area contributed by atoms with E-state index in [1.165, 1.54) is 11.8 Å². The lowest BCUT2D eigenvalue weighted by molar-refractivity contribution is -0.132. The van der Waals surface area contributed by atoms with Gasteiger partial charge in [0, 0.05) is 21.9 Å². The van der Waals surface area contributed by atoms with Gasteiger partial charge in [0.05, 0.1) is 0 Å². The Balaban J connectivity index is 2.55. The normalized spacial score (nSPS) is 11.4. The lowest BCUT2D eigenvalue weighted by atomic mass is 10.3. The highest BCUT2D eigenvalue weighted by Gasteiger charge is 2.00. The van der Waals surface area contributed by atoms with Crippen LogP contribution in [0.2, 0.25) is 0 Å². The molecule has 0 heterocycles. The number of thioether (sulfide) groups is 1. The first kappa shape index (κ1) is 11.7. The van der Waals surface area contributed by atoms with Crippen molar-refractivity contribution in [1.29, 1.82) is 0 Å². The van der Waals surface area contributed by atoms with E-state index in [4.69, 9.17) is 10.8 Å². The van der Waals surface area contributed by atoms with E-state index < -0.39 is 5.97 Å². The van der Waals surface area contributed by atoms with Gasteiger partial charge in [-0.1, -0.05) is 18.2 Å². The monoisotopic (exact) mass is 223 g/mol. The summed E-state index contributed by atoms with van der Waals surface area (Å²) in [6, 6.07) is 7.53. The van der Waals surface area contributed by atoms with Gasteiger partial charge in [-0.25, -0.2) is 4.79 Å². The SMILES string of the molecule is CC(=CCSc1ccccc1N)C(=O)O. The fourth-order valence-electron chi connectivity index (χ4n) is 0.956. The smallest absolute Gasteiger partial charge is 0.330 e. The average Bonchev–Trinajstić information content (AvgIpc) is 2.20. The van der Waals surface area contributed by atoms with Crippen LogP contribution in [0.1, 0.15) is 6.92 Å². The first-order valence-electron chi connectivity index (χ1n) is 4.48. The fraction of sp³-hybridized carbons (Fsp3) is 0.182. The molecule has 0 fully saturated rings. The quantitative estimate of drug-likeness (QED) is 0.467. The number of hydrogen-bond acceptors (Lipinski definition) is 3. The van der Waals surface area contributed by atoms with Crippen LogP contribution < -0.4 is 5.73 Å². The van der Waals surface area contributed by atoms with Crippen LogP contribution in [0, 0.1) is 0 Å². The molecule has 0 aliphatic carbocycles. The van der Waals surface area contributed by atoms with Crippen LogP contribution in [-0.2, 0) is 4.79 Å². The Labute approximate surface area is 93.0 Å². The molecule has 80 valence electrons. The third-order valence-electron chi connectivity index (χ3n) is 1.88. The van der Waals surface area contributed by atoms with Gasteiger partial charge in [-0.15, -0.1) is 11.8 Å². The van der Waals surface area contributed by atoms with E-state index in [0.717, 1.165) is 10.6 Å². The van der Waals surface area contributed by atoms with Gasteiger partial charge >= 0.3 is 5.97 Å². The van der Waals surface area contributed by atoms with Gasteiger partial charge in [-0.05, 0) is 19.1 Å². The van der Waals surface area contributed by atoms with Crippen molar-refractivity contribution in [2.24, 2.45) is 0 Å². The average molecular weight is 223 g/mol. The van der Waals surface area contributed by atoms with Crippen LogP contribution in [0.25, 0.3) is 0 Å². The third kappa shape index (κ3) is 3.67. The highest BCUT2D eigenvalue weighted by Crippen LogP contribution is 2.24. The number of para-hydroxylation sites is 1. The Hall–Kier alpha value is -1.42. The van der Waals surface area contributed by atoms with E-state index in [2.05, 4.69) is 0 Å². The van der Waals surface area contributed by atoms with Crippen molar-refractivity contribution in [3.63, 3.8) is 0 Å². The van der Waals surface area contributed by atoms with Crippen molar-refractivity contribution in [2.45, 2.75) is 11.8 Å².